The van der Waals surface area contributed by atoms with Crippen LogP contribution in [0, 0.1) is 5.92 Å². The van der Waals surface area contributed by atoms with Gasteiger partial charge in [-0.25, -0.2) is 10.0 Å². The quantitative estimate of drug-likeness (QED) is 0.528. The number of benzene rings is 1. The van der Waals surface area contributed by atoms with E-state index in [0.29, 0.717) is 11.9 Å². The first-order valence-electron chi connectivity index (χ1n) is 6.00. The maximum atomic E-state index is 6.03. The van der Waals surface area contributed by atoms with Gasteiger partial charge in [-0.15, -0.1) is 11.8 Å². The molecule has 19 heavy (non-hydrogen) atoms. The molecule has 0 saturated heterocycles. The van der Waals surface area contributed by atoms with Gasteiger partial charge in [0.25, 0.3) is 0 Å². The largest absolute Gasteiger partial charge is 0.368 e. The summed E-state index contributed by atoms with van der Waals surface area (Å²) in [5.74, 6) is 0.837. The molecule has 1 aliphatic heterocycles. The fourth-order valence-electron chi connectivity index (χ4n) is 1.67. The van der Waals surface area contributed by atoms with Gasteiger partial charge in [-0.05, 0) is 36.4 Å². The lowest BCUT2D eigenvalue weighted by Gasteiger charge is -2.24. The zero-order valence-electron chi connectivity index (χ0n) is 11.2. The zero-order valence-corrected chi connectivity index (χ0v) is 12.8. The zero-order chi connectivity index (χ0) is 13.8. The highest BCUT2D eigenvalue weighted by atomic mass is 32.2. The fourth-order valence-corrected chi connectivity index (χ4v) is 2.85. The van der Waals surface area contributed by atoms with Gasteiger partial charge in [0.15, 0.2) is 5.55 Å². The molecular weight excluding hydrogens is 276 g/mol. The van der Waals surface area contributed by atoms with Crippen molar-refractivity contribution in [3.05, 3.63) is 24.3 Å². The number of nitrogens with two attached hydrogens (primary N) is 1. The molecule has 0 amide bonds. The van der Waals surface area contributed by atoms with E-state index in [1.165, 1.54) is 4.90 Å². The molecule has 2 rings (SSSR count). The van der Waals surface area contributed by atoms with Crippen LogP contribution in [0.1, 0.15) is 13.8 Å². The second-order valence-electron chi connectivity index (χ2n) is 4.46. The van der Waals surface area contributed by atoms with Gasteiger partial charge < -0.3 is 5.73 Å². The Morgan fingerprint density at radius 2 is 2.16 bits per heavy atom. The molecule has 1 unspecified atom stereocenters. The Kier molecular flexibility index (Phi) is 4.76. The summed E-state index contributed by atoms with van der Waals surface area (Å²) < 4.78 is 0. The van der Waals surface area contributed by atoms with Crippen molar-refractivity contribution in [2.75, 3.05) is 6.26 Å². The van der Waals surface area contributed by atoms with Gasteiger partial charge in [0.05, 0.1) is 5.69 Å². The highest BCUT2D eigenvalue weighted by Gasteiger charge is 2.27. The number of nitrogens with zero attached hydrogens (tertiary/aromatic N) is 3. The number of hydrazone groups is 1. The van der Waals surface area contributed by atoms with Crippen molar-refractivity contribution < 1.29 is 0 Å². The average molecular weight is 293 g/mol. The van der Waals surface area contributed by atoms with Gasteiger partial charge in [0.1, 0.15) is 5.37 Å². The number of rotatable bonds is 3. The highest BCUT2D eigenvalue weighted by molar-refractivity contribution is 8.12. The van der Waals surface area contributed by atoms with Crippen LogP contribution in [0.5, 0.6) is 0 Å². The maximum Gasteiger partial charge on any atom is 0.218 e. The summed E-state index contributed by atoms with van der Waals surface area (Å²) in [5.41, 5.74) is 9.76. The molecule has 1 atom stereocenters. The Morgan fingerprint density at radius 1 is 1.47 bits per heavy atom. The molecule has 1 radical (unpaired) electrons. The summed E-state index contributed by atoms with van der Waals surface area (Å²) in [6.07, 6.45) is 2.05. The average Bonchev–Trinajstić information content (AvgIpc) is 2.89. The van der Waals surface area contributed by atoms with Crippen molar-refractivity contribution in [2.45, 2.75) is 24.1 Å². The molecule has 0 spiro atoms. The van der Waals surface area contributed by atoms with E-state index in [4.69, 9.17) is 5.73 Å². The van der Waals surface area contributed by atoms with Gasteiger partial charge in [-0.2, -0.15) is 5.10 Å². The van der Waals surface area contributed by atoms with E-state index in [1.54, 1.807) is 28.5 Å². The molecular formula is C13H17N4S2. The minimum absolute atomic E-state index is 0.175. The normalized spacial score (nSPS) is 19.5. The Morgan fingerprint density at radius 3 is 2.74 bits per heavy atom. The first kappa shape index (κ1) is 14.3. The monoisotopic (exact) mass is 293 g/mol. The maximum absolute atomic E-state index is 6.03. The topological polar surface area (TPSA) is 54.0 Å². The van der Waals surface area contributed by atoms with E-state index < -0.39 is 0 Å². The van der Waals surface area contributed by atoms with E-state index in [-0.39, 0.29) is 5.37 Å². The summed E-state index contributed by atoms with van der Waals surface area (Å²) >= 11 is 3.25. The molecule has 1 aromatic rings. The second kappa shape index (κ2) is 6.34. The number of thioether (sulfide) groups is 2. The van der Waals surface area contributed by atoms with Gasteiger partial charge >= 0.3 is 0 Å². The van der Waals surface area contributed by atoms with Crippen LogP contribution in [0.3, 0.4) is 0 Å². The van der Waals surface area contributed by atoms with E-state index >= 15 is 0 Å². The molecule has 0 aromatic heterocycles. The standard InChI is InChI=1S/C13H17N4S2/c1-9(2)12-17(15-8-19-12)13(14)16-10-4-6-11(18-3)7-5-10/h4-7,9,12H,1-3H3,(H2,14,16). The minimum Gasteiger partial charge on any atom is -0.368 e. The summed E-state index contributed by atoms with van der Waals surface area (Å²) in [4.78, 5) is 5.62. The van der Waals surface area contributed by atoms with Crippen LogP contribution in [-0.4, -0.2) is 28.1 Å². The smallest absolute Gasteiger partial charge is 0.218 e. The first-order valence-corrected chi connectivity index (χ1v) is 8.11. The summed E-state index contributed by atoms with van der Waals surface area (Å²) in [5, 5.41) is 6.06. The molecule has 101 valence electrons. The number of hydrogen-bond acceptors (Lipinski definition) is 4. The van der Waals surface area contributed by atoms with Crippen LogP contribution in [-0.2, 0) is 0 Å². The summed E-state index contributed by atoms with van der Waals surface area (Å²) in [7, 11) is 0. The van der Waals surface area contributed by atoms with Crippen molar-refractivity contribution in [3.8, 4) is 0 Å². The molecule has 0 fully saturated rings. The summed E-state index contributed by atoms with van der Waals surface area (Å²) in [6, 6.07) is 7.98. The Balaban J connectivity index is 2.15. The van der Waals surface area contributed by atoms with Crippen LogP contribution in [0.15, 0.2) is 39.3 Å². The predicted octanol–water partition coefficient (Wildman–Crippen LogP) is 3.21. The molecule has 4 nitrogen and oxygen atoms in total. The van der Waals surface area contributed by atoms with Gasteiger partial charge in [-0.1, -0.05) is 25.6 Å². The number of guanidine groups is 1. The Labute approximate surface area is 122 Å². The van der Waals surface area contributed by atoms with Crippen molar-refractivity contribution in [2.24, 2.45) is 21.7 Å². The van der Waals surface area contributed by atoms with Crippen LogP contribution in [0.25, 0.3) is 0 Å². The molecule has 0 saturated carbocycles. The Bertz CT molecular complexity index is 482. The van der Waals surface area contributed by atoms with Crippen molar-refractivity contribution in [1.29, 1.82) is 0 Å². The molecule has 6 heteroatoms. The Hall–Kier alpha value is -1.14. The lowest BCUT2D eigenvalue weighted by molar-refractivity contribution is 0.354. The van der Waals surface area contributed by atoms with Crippen molar-refractivity contribution in [3.63, 3.8) is 0 Å². The van der Waals surface area contributed by atoms with E-state index in [0.717, 1.165) is 5.69 Å². The molecule has 1 aliphatic rings. The highest BCUT2D eigenvalue weighted by Crippen LogP contribution is 2.28. The molecule has 2 N–H and O–H groups in total. The lowest BCUT2D eigenvalue weighted by Crippen LogP contribution is -2.39. The third-order valence-corrected chi connectivity index (χ3v) is 4.60. The van der Waals surface area contributed by atoms with Crippen LogP contribution >= 0.6 is 23.5 Å². The van der Waals surface area contributed by atoms with Gasteiger partial charge in [-0.3, -0.25) is 0 Å². The van der Waals surface area contributed by atoms with Gasteiger partial charge in [0, 0.05) is 4.90 Å². The lowest BCUT2D eigenvalue weighted by atomic mass is 10.2. The second-order valence-corrected chi connectivity index (χ2v) is 6.24. The summed E-state index contributed by atoms with van der Waals surface area (Å²) in [6.45, 7) is 4.27. The van der Waals surface area contributed by atoms with E-state index in [2.05, 4.69) is 29.5 Å². The van der Waals surface area contributed by atoms with Crippen LogP contribution < -0.4 is 5.73 Å². The van der Waals surface area contributed by atoms with E-state index in [9.17, 15) is 0 Å². The third-order valence-electron chi connectivity index (χ3n) is 2.68. The number of aliphatic imine (C=N–C) groups is 1. The number of hydrogen-bond donors (Lipinski definition) is 1. The molecule has 0 aliphatic carbocycles. The minimum atomic E-state index is 0.175. The molecule has 1 aromatic carbocycles. The SMILES string of the molecule is CSc1ccc(N=C(N)N2N=[C]SC2C(C)C)cc1. The predicted molar refractivity (Wildman–Crippen MR) is 85.0 cm³/mol. The first-order chi connectivity index (χ1) is 9.11. The third kappa shape index (κ3) is 3.45. The molecule has 1 heterocycles. The van der Waals surface area contributed by atoms with Crippen LogP contribution in [0.4, 0.5) is 5.69 Å². The van der Waals surface area contributed by atoms with Crippen LogP contribution in [0.2, 0.25) is 0 Å². The van der Waals surface area contributed by atoms with Gasteiger partial charge in [0.2, 0.25) is 5.96 Å². The molecule has 0 bridgehead atoms. The fraction of sp³-hybridized carbons (Fsp3) is 0.385. The van der Waals surface area contributed by atoms with E-state index in [1.807, 2.05) is 30.5 Å². The van der Waals surface area contributed by atoms with Crippen molar-refractivity contribution >= 4 is 40.7 Å². The van der Waals surface area contributed by atoms with Crippen molar-refractivity contribution in [1.82, 2.24) is 5.01 Å².